The third kappa shape index (κ3) is 9.44. The van der Waals surface area contributed by atoms with E-state index in [2.05, 4.69) is 26.5 Å². The normalized spacial score (nSPS) is 6.88. The summed E-state index contributed by atoms with van der Waals surface area (Å²) in [6.45, 7) is 9.84. The first-order chi connectivity index (χ1) is 3.13. The van der Waals surface area contributed by atoms with Gasteiger partial charge in [-0.3, -0.25) is 0 Å². The van der Waals surface area contributed by atoms with Gasteiger partial charge in [-0.2, -0.15) is 0 Å². The van der Waals surface area contributed by atoms with E-state index in [0.717, 1.165) is 5.57 Å². The molecular formula is C7H12Ru. The molecule has 0 rings (SSSR count). The van der Waals surface area contributed by atoms with Crippen LogP contribution in [-0.2, 0) is 19.5 Å². The molecule has 0 N–H and O–H groups in total. The van der Waals surface area contributed by atoms with Crippen LogP contribution >= 0.6 is 0 Å². The summed E-state index contributed by atoms with van der Waals surface area (Å²) in [6.07, 6.45) is 2.06. The number of hydrogen-bond donors (Lipinski definition) is 0. The molecule has 0 atom stereocenters. The average Bonchev–Trinajstić information content (AvgIpc) is 1.27. The minimum absolute atomic E-state index is 0. The third-order valence-electron chi connectivity index (χ3n) is 0.535. The van der Waals surface area contributed by atoms with E-state index in [1.807, 2.05) is 6.92 Å². The van der Waals surface area contributed by atoms with Gasteiger partial charge in [-0.25, -0.2) is 0 Å². The fourth-order valence-corrected chi connectivity index (χ4v) is 0.493. The van der Waals surface area contributed by atoms with Gasteiger partial charge in [0, 0.05) is 19.5 Å². The molecule has 0 heterocycles. The van der Waals surface area contributed by atoms with Crippen molar-refractivity contribution < 1.29 is 19.5 Å². The Labute approximate surface area is 64.4 Å². The van der Waals surface area contributed by atoms with Crippen molar-refractivity contribution in [3.8, 4) is 0 Å². The Bertz CT molecular complexity index is 97.0. The van der Waals surface area contributed by atoms with Crippen LogP contribution in [0.5, 0.6) is 0 Å². The largest absolute Gasteiger partial charge is 0.0961 e. The van der Waals surface area contributed by atoms with E-state index in [1.165, 1.54) is 5.57 Å². The van der Waals surface area contributed by atoms with E-state index >= 15 is 0 Å². The fraction of sp³-hybridized carbons (Fsp3) is 0.429. The van der Waals surface area contributed by atoms with Crippen LogP contribution in [0.1, 0.15) is 20.8 Å². The summed E-state index contributed by atoms with van der Waals surface area (Å²) < 4.78 is 0. The Balaban J connectivity index is 0. The molecule has 0 radical (unpaired) electrons. The van der Waals surface area contributed by atoms with Crippen molar-refractivity contribution >= 4 is 0 Å². The molecule has 0 aliphatic carbocycles. The van der Waals surface area contributed by atoms with Crippen molar-refractivity contribution in [2.45, 2.75) is 20.8 Å². The molecule has 0 aromatic rings. The van der Waals surface area contributed by atoms with Crippen LogP contribution < -0.4 is 0 Å². The van der Waals surface area contributed by atoms with Gasteiger partial charge in [0.1, 0.15) is 0 Å². The van der Waals surface area contributed by atoms with E-state index in [9.17, 15) is 0 Å². The molecule has 0 saturated heterocycles. The Hall–Kier alpha value is 0.103. The van der Waals surface area contributed by atoms with Gasteiger partial charge < -0.3 is 0 Å². The minimum Gasteiger partial charge on any atom is -0.0961 e. The SMILES string of the molecule is C=C(C)C=C(C)C.[Ru]. The van der Waals surface area contributed by atoms with Crippen molar-refractivity contribution in [3.63, 3.8) is 0 Å². The molecule has 0 unspecified atom stereocenters. The fourth-order valence-electron chi connectivity index (χ4n) is 0.493. The van der Waals surface area contributed by atoms with Gasteiger partial charge in [0.15, 0.2) is 0 Å². The van der Waals surface area contributed by atoms with Crippen LogP contribution in [-0.4, -0.2) is 0 Å². The van der Waals surface area contributed by atoms with E-state index in [-0.39, 0.29) is 19.5 Å². The van der Waals surface area contributed by atoms with Gasteiger partial charge in [-0.05, 0) is 20.8 Å². The predicted octanol–water partition coefficient (Wildman–Crippen LogP) is 2.53. The molecule has 8 heavy (non-hydrogen) atoms. The Morgan fingerprint density at radius 2 is 1.62 bits per heavy atom. The topological polar surface area (TPSA) is 0 Å². The van der Waals surface area contributed by atoms with E-state index in [0.29, 0.717) is 0 Å². The van der Waals surface area contributed by atoms with Crippen molar-refractivity contribution in [1.29, 1.82) is 0 Å². The van der Waals surface area contributed by atoms with Crippen LogP contribution in [0.15, 0.2) is 23.8 Å². The molecule has 0 aliphatic rings. The Kier molecular flexibility index (Phi) is 7.20. The maximum absolute atomic E-state index is 3.72. The molecule has 0 aliphatic heterocycles. The summed E-state index contributed by atoms with van der Waals surface area (Å²) in [7, 11) is 0. The monoisotopic (exact) mass is 198 g/mol. The molecule has 0 nitrogen and oxygen atoms in total. The van der Waals surface area contributed by atoms with Gasteiger partial charge in [0.05, 0.1) is 0 Å². The van der Waals surface area contributed by atoms with E-state index < -0.39 is 0 Å². The van der Waals surface area contributed by atoms with Crippen molar-refractivity contribution in [2.75, 3.05) is 0 Å². The van der Waals surface area contributed by atoms with Crippen molar-refractivity contribution in [2.24, 2.45) is 0 Å². The summed E-state index contributed by atoms with van der Waals surface area (Å²) >= 11 is 0. The molecule has 0 amide bonds. The second-order valence-corrected chi connectivity index (χ2v) is 2.07. The van der Waals surface area contributed by atoms with E-state index in [1.54, 1.807) is 0 Å². The molecule has 0 aromatic heterocycles. The van der Waals surface area contributed by atoms with Crippen LogP contribution in [0.3, 0.4) is 0 Å². The molecule has 1 heteroatoms. The van der Waals surface area contributed by atoms with Gasteiger partial charge in [0.2, 0.25) is 0 Å². The van der Waals surface area contributed by atoms with Crippen LogP contribution in [0.4, 0.5) is 0 Å². The van der Waals surface area contributed by atoms with Crippen molar-refractivity contribution in [1.82, 2.24) is 0 Å². The van der Waals surface area contributed by atoms with Gasteiger partial charge in [0.25, 0.3) is 0 Å². The molecule has 0 saturated carbocycles. The van der Waals surface area contributed by atoms with Gasteiger partial charge in [-0.1, -0.05) is 23.8 Å². The molecule has 0 bridgehead atoms. The predicted molar refractivity (Wildman–Crippen MR) is 34.2 cm³/mol. The van der Waals surface area contributed by atoms with Crippen LogP contribution in [0.25, 0.3) is 0 Å². The third-order valence-corrected chi connectivity index (χ3v) is 0.535. The second-order valence-electron chi connectivity index (χ2n) is 2.07. The Morgan fingerprint density at radius 1 is 1.25 bits per heavy atom. The molecule has 0 fully saturated rings. The zero-order valence-electron chi connectivity index (χ0n) is 5.64. The first-order valence-corrected chi connectivity index (χ1v) is 2.43. The quantitative estimate of drug-likeness (QED) is 0.447. The van der Waals surface area contributed by atoms with Crippen LogP contribution in [0, 0.1) is 0 Å². The number of allylic oxidation sites excluding steroid dienone is 3. The van der Waals surface area contributed by atoms with Gasteiger partial charge in [-0.15, -0.1) is 0 Å². The Morgan fingerprint density at radius 3 is 1.62 bits per heavy atom. The second kappa shape index (κ2) is 5.24. The smallest absolute Gasteiger partial charge is 0 e. The maximum atomic E-state index is 3.72. The molecule has 48 valence electrons. The van der Waals surface area contributed by atoms with Gasteiger partial charge >= 0.3 is 0 Å². The van der Waals surface area contributed by atoms with Crippen LogP contribution in [0.2, 0.25) is 0 Å². The standard InChI is InChI=1S/C7H12.Ru/c1-6(2)5-7(3)4;/h5H,1H2,2-4H3;. The summed E-state index contributed by atoms with van der Waals surface area (Å²) in [5, 5.41) is 0. The molecule has 0 aromatic carbocycles. The maximum Gasteiger partial charge on any atom is 0 e. The molecule has 0 spiro atoms. The number of rotatable bonds is 1. The summed E-state index contributed by atoms with van der Waals surface area (Å²) in [6, 6.07) is 0. The first-order valence-electron chi connectivity index (χ1n) is 2.43. The average molecular weight is 197 g/mol. The number of hydrogen-bond acceptors (Lipinski definition) is 0. The summed E-state index contributed by atoms with van der Waals surface area (Å²) in [5.41, 5.74) is 2.44. The summed E-state index contributed by atoms with van der Waals surface area (Å²) in [4.78, 5) is 0. The van der Waals surface area contributed by atoms with Crippen molar-refractivity contribution in [3.05, 3.63) is 23.8 Å². The minimum atomic E-state index is 0. The zero-order valence-corrected chi connectivity index (χ0v) is 7.38. The molecular weight excluding hydrogens is 185 g/mol. The summed E-state index contributed by atoms with van der Waals surface area (Å²) in [5.74, 6) is 0. The van der Waals surface area contributed by atoms with E-state index in [4.69, 9.17) is 0 Å². The zero-order chi connectivity index (χ0) is 5.86. The first kappa shape index (κ1) is 11.0.